The summed E-state index contributed by atoms with van der Waals surface area (Å²) in [6, 6.07) is 9.66. The molecule has 1 fully saturated rings. The van der Waals surface area contributed by atoms with Crippen LogP contribution in [0.2, 0.25) is 0 Å². The van der Waals surface area contributed by atoms with Crippen molar-refractivity contribution >= 4 is 22.9 Å². The molecule has 1 saturated heterocycles. The fourth-order valence-electron chi connectivity index (χ4n) is 3.64. The molecule has 138 valence electrons. The van der Waals surface area contributed by atoms with Crippen LogP contribution in [0.5, 0.6) is 5.75 Å². The maximum absolute atomic E-state index is 12.6. The van der Waals surface area contributed by atoms with Crippen molar-refractivity contribution in [3.05, 3.63) is 45.6 Å². The molecule has 1 amide bonds. The zero-order valence-corrected chi connectivity index (χ0v) is 15.9. The zero-order chi connectivity index (χ0) is 17.9. The number of nitrogens with one attached hydrogen (secondary N) is 1. The Kier molecular flexibility index (Phi) is 5.27. The van der Waals surface area contributed by atoms with E-state index in [1.165, 1.54) is 16.9 Å². The van der Waals surface area contributed by atoms with Crippen molar-refractivity contribution in [3.8, 4) is 5.75 Å². The lowest BCUT2D eigenvalue weighted by Gasteiger charge is -2.16. The number of anilines is 1. The van der Waals surface area contributed by atoms with Gasteiger partial charge in [0.1, 0.15) is 12.4 Å². The summed E-state index contributed by atoms with van der Waals surface area (Å²) >= 11 is 1.64. The molecule has 0 bridgehead atoms. The summed E-state index contributed by atoms with van der Waals surface area (Å²) in [5.74, 6) is 1.44. The third-order valence-corrected chi connectivity index (χ3v) is 6.34. The van der Waals surface area contributed by atoms with Crippen molar-refractivity contribution in [2.45, 2.75) is 45.1 Å². The zero-order valence-electron chi connectivity index (χ0n) is 15.1. The Balaban J connectivity index is 1.39. The van der Waals surface area contributed by atoms with Crippen LogP contribution < -0.4 is 10.1 Å². The summed E-state index contributed by atoms with van der Waals surface area (Å²) in [6.45, 7) is 3.67. The second-order valence-corrected chi connectivity index (χ2v) is 8.47. The number of benzene rings is 1. The number of fused-ring (bicyclic) bond motifs is 1. The lowest BCUT2D eigenvalue weighted by atomic mass is 9.90. The first-order valence-corrected chi connectivity index (χ1v) is 10.3. The van der Waals surface area contributed by atoms with E-state index in [9.17, 15) is 4.79 Å². The van der Waals surface area contributed by atoms with Crippen LogP contribution in [0.15, 0.2) is 30.3 Å². The molecule has 2 atom stereocenters. The molecule has 0 saturated carbocycles. The maximum Gasteiger partial charge on any atom is 0.265 e. The molecule has 2 heterocycles. The summed E-state index contributed by atoms with van der Waals surface area (Å²) in [5, 5.41) is 3.01. The van der Waals surface area contributed by atoms with E-state index < -0.39 is 0 Å². The predicted octanol–water partition coefficient (Wildman–Crippen LogP) is 4.68. The molecular formula is C21H25NO3S. The van der Waals surface area contributed by atoms with E-state index in [1.54, 1.807) is 11.3 Å². The van der Waals surface area contributed by atoms with Gasteiger partial charge in [-0.2, -0.15) is 0 Å². The molecular weight excluding hydrogens is 346 g/mol. The number of amides is 1. The molecule has 5 heteroatoms. The van der Waals surface area contributed by atoms with Crippen molar-refractivity contribution in [2.75, 3.05) is 18.5 Å². The smallest absolute Gasteiger partial charge is 0.265 e. The van der Waals surface area contributed by atoms with Crippen LogP contribution in [-0.2, 0) is 17.6 Å². The number of thiophene rings is 1. The fraction of sp³-hybridized carbons (Fsp3) is 0.476. The van der Waals surface area contributed by atoms with E-state index in [0.717, 1.165) is 48.6 Å². The van der Waals surface area contributed by atoms with Crippen molar-refractivity contribution in [2.24, 2.45) is 5.92 Å². The Bertz CT molecular complexity index is 779. The van der Waals surface area contributed by atoms with E-state index >= 15 is 0 Å². The molecule has 2 unspecified atom stereocenters. The van der Waals surface area contributed by atoms with Crippen LogP contribution in [0.1, 0.15) is 46.3 Å². The van der Waals surface area contributed by atoms with Crippen molar-refractivity contribution in [1.29, 1.82) is 0 Å². The molecule has 26 heavy (non-hydrogen) atoms. The summed E-state index contributed by atoms with van der Waals surface area (Å²) < 4.78 is 11.4. The molecule has 0 spiro atoms. The number of carbonyl (C=O) groups excluding carboxylic acids is 1. The van der Waals surface area contributed by atoms with Crippen molar-refractivity contribution < 1.29 is 14.3 Å². The molecule has 1 aromatic carbocycles. The van der Waals surface area contributed by atoms with Gasteiger partial charge < -0.3 is 14.8 Å². The van der Waals surface area contributed by atoms with Gasteiger partial charge in [-0.3, -0.25) is 4.79 Å². The average molecular weight is 372 g/mol. The van der Waals surface area contributed by atoms with Crippen LogP contribution in [-0.4, -0.2) is 25.2 Å². The first-order chi connectivity index (χ1) is 12.7. The predicted molar refractivity (Wildman–Crippen MR) is 104 cm³/mol. The highest BCUT2D eigenvalue weighted by molar-refractivity contribution is 7.14. The topological polar surface area (TPSA) is 47.6 Å². The minimum absolute atomic E-state index is 0.0340. The molecule has 4 nitrogen and oxygen atoms in total. The summed E-state index contributed by atoms with van der Waals surface area (Å²) in [5.41, 5.74) is 2.12. The second-order valence-electron chi connectivity index (χ2n) is 7.34. The molecule has 1 aliphatic carbocycles. The highest BCUT2D eigenvalue weighted by Gasteiger charge is 2.21. The SMILES string of the molecule is CC1CCc2sc(C(=O)Nc3cccc(OCC4CCCO4)c3)cc2C1. The van der Waals surface area contributed by atoms with E-state index in [0.29, 0.717) is 12.5 Å². The average Bonchev–Trinajstić information content (AvgIpc) is 3.29. The number of carbonyl (C=O) groups is 1. The van der Waals surface area contributed by atoms with Crippen molar-refractivity contribution in [3.63, 3.8) is 0 Å². The number of hydrogen-bond donors (Lipinski definition) is 1. The first kappa shape index (κ1) is 17.6. The van der Waals surface area contributed by atoms with Gasteiger partial charge in [0.15, 0.2) is 0 Å². The van der Waals surface area contributed by atoms with Gasteiger partial charge in [-0.25, -0.2) is 0 Å². The van der Waals surface area contributed by atoms with Gasteiger partial charge in [-0.05, 0) is 61.8 Å². The molecule has 0 radical (unpaired) electrons. The Hall–Kier alpha value is -1.85. The van der Waals surface area contributed by atoms with Gasteiger partial charge >= 0.3 is 0 Å². The minimum Gasteiger partial charge on any atom is -0.491 e. The Morgan fingerprint density at radius 1 is 1.35 bits per heavy atom. The maximum atomic E-state index is 12.6. The molecule has 4 rings (SSSR count). The van der Waals surface area contributed by atoms with Crippen LogP contribution in [0.3, 0.4) is 0 Å². The lowest BCUT2D eigenvalue weighted by Crippen LogP contribution is -2.16. The monoisotopic (exact) mass is 371 g/mol. The molecule has 2 aliphatic rings. The molecule has 1 aliphatic heterocycles. The fourth-order valence-corrected chi connectivity index (χ4v) is 4.74. The Morgan fingerprint density at radius 3 is 3.12 bits per heavy atom. The molecule has 2 aromatic rings. The van der Waals surface area contributed by atoms with E-state index in [2.05, 4.69) is 18.3 Å². The highest BCUT2D eigenvalue weighted by atomic mass is 32.1. The number of rotatable bonds is 5. The third-order valence-electron chi connectivity index (χ3n) is 5.10. The van der Waals surface area contributed by atoms with E-state index in [4.69, 9.17) is 9.47 Å². The van der Waals surface area contributed by atoms with Crippen LogP contribution >= 0.6 is 11.3 Å². The van der Waals surface area contributed by atoms with Gasteiger partial charge in [0.2, 0.25) is 0 Å². The standard InChI is InChI=1S/C21H25NO3S/c1-14-7-8-19-15(10-14)11-20(26-19)21(23)22-16-4-2-5-17(12-16)25-13-18-6-3-9-24-18/h2,4-5,11-12,14,18H,3,6-10,13H2,1H3,(H,22,23). The van der Waals surface area contributed by atoms with E-state index in [-0.39, 0.29) is 12.0 Å². The molecule has 1 N–H and O–H groups in total. The number of aryl methyl sites for hydroxylation is 1. The van der Waals surface area contributed by atoms with Crippen LogP contribution in [0.4, 0.5) is 5.69 Å². The van der Waals surface area contributed by atoms with Crippen molar-refractivity contribution in [1.82, 2.24) is 0 Å². The normalized spacial score (nSPS) is 22.0. The van der Waals surface area contributed by atoms with Crippen LogP contribution in [0.25, 0.3) is 0 Å². The Labute approximate surface area is 158 Å². The van der Waals surface area contributed by atoms with Gasteiger partial charge in [-0.15, -0.1) is 11.3 Å². The van der Waals surface area contributed by atoms with Gasteiger partial charge in [0.25, 0.3) is 5.91 Å². The summed E-state index contributed by atoms with van der Waals surface area (Å²) in [7, 11) is 0. The highest BCUT2D eigenvalue weighted by Crippen LogP contribution is 2.32. The largest absolute Gasteiger partial charge is 0.491 e. The minimum atomic E-state index is -0.0340. The quantitative estimate of drug-likeness (QED) is 0.830. The second kappa shape index (κ2) is 7.80. The van der Waals surface area contributed by atoms with Gasteiger partial charge in [0, 0.05) is 23.2 Å². The number of ether oxygens (including phenoxy) is 2. The van der Waals surface area contributed by atoms with Crippen LogP contribution in [0, 0.1) is 5.92 Å². The van der Waals surface area contributed by atoms with E-state index in [1.807, 2.05) is 24.3 Å². The van der Waals surface area contributed by atoms with Gasteiger partial charge in [-0.1, -0.05) is 13.0 Å². The Morgan fingerprint density at radius 2 is 2.27 bits per heavy atom. The molecule has 1 aromatic heterocycles. The lowest BCUT2D eigenvalue weighted by molar-refractivity contribution is 0.0680. The first-order valence-electron chi connectivity index (χ1n) is 9.45. The summed E-state index contributed by atoms with van der Waals surface area (Å²) in [6.07, 6.45) is 5.75. The van der Waals surface area contributed by atoms with Gasteiger partial charge in [0.05, 0.1) is 11.0 Å². The third kappa shape index (κ3) is 4.10. The summed E-state index contributed by atoms with van der Waals surface area (Å²) in [4.78, 5) is 14.8. The number of hydrogen-bond acceptors (Lipinski definition) is 4.